The molecule has 4 rings (SSSR count). The van der Waals surface area contributed by atoms with Crippen molar-refractivity contribution in [2.45, 2.75) is 31.4 Å². The fourth-order valence-electron chi connectivity index (χ4n) is 3.60. The summed E-state index contributed by atoms with van der Waals surface area (Å²) in [5.74, 6) is 0.0481. The highest BCUT2D eigenvalue weighted by molar-refractivity contribution is 6.05. The number of carbonyl (C=O) groups excluding carboxylic acids is 1. The molecule has 2 atom stereocenters. The molecule has 4 heteroatoms. The maximum Gasteiger partial charge on any atom is 0.273 e. The van der Waals surface area contributed by atoms with Crippen LogP contribution in [0, 0.1) is 0 Å². The number of morpholine rings is 1. The monoisotopic (exact) mass is 282 g/mol. The van der Waals surface area contributed by atoms with E-state index in [4.69, 9.17) is 4.74 Å². The van der Waals surface area contributed by atoms with Gasteiger partial charge in [0.15, 0.2) is 0 Å². The quantitative estimate of drug-likeness (QED) is 0.807. The molecule has 2 unspecified atom stereocenters. The number of amides is 1. The van der Waals surface area contributed by atoms with Gasteiger partial charge in [0, 0.05) is 18.1 Å². The first-order chi connectivity index (χ1) is 10.3. The van der Waals surface area contributed by atoms with Crippen LogP contribution in [0.3, 0.4) is 0 Å². The Morgan fingerprint density at radius 2 is 2.14 bits per heavy atom. The number of benzene rings is 1. The third-order valence-electron chi connectivity index (χ3n) is 4.62. The van der Waals surface area contributed by atoms with Crippen molar-refractivity contribution in [3.63, 3.8) is 0 Å². The normalized spacial score (nSPS) is 25.0. The van der Waals surface area contributed by atoms with E-state index in [9.17, 15) is 4.79 Å². The van der Waals surface area contributed by atoms with Gasteiger partial charge in [0.1, 0.15) is 5.69 Å². The number of nitrogens with zero attached hydrogens (tertiary/aromatic N) is 2. The standard InChI is InChI=1S/C17H18N2O2/c20-17(19-10-11-21-15-7-3-6-14(15)19)16-13-5-2-1-4-12(13)8-9-18-16/h1-2,4-5,8-9,14-15H,3,6-7,10-11H2. The Morgan fingerprint density at radius 3 is 3.10 bits per heavy atom. The molecule has 2 heterocycles. The van der Waals surface area contributed by atoms with E-state index in [1.165, 1.54) is 0 Å². The minimum Gasteiger partial charge on any atom is -0.374 e. The Labute approximate surface area is 123 Å². The average Bonchev–Trinajstić information content (AvgIpc) is 3.02. The number of hydrogen-bond donors (Lipinski definition) is 0. The van der Waals surface area contributed by atoms with E-state index in [0.717, 1.165) is 30.0 Å². The molecular formula is C17H18N2O2. The summed E-state index contributed by atoms with van der Waals surface area (Å²) in [5.41, 5.74) is 0.570. The summed E-state index contributed by atoms with van der Waals surface area (Å²) in [4.78, 5) is 19.3. The third kappa shape index (κ3) is 2.10. The van der Waals surface area contributed by atoms with Gasteiger partial charge in [-0.2, -0.15) is 0 Å². The second kappa shape index (κ2) is 5.11. The van der Waals surface area contributed by atoms with Crippen molar-refractivity contribution < 1.29 is 9.53 Å². The molecule has 0 spiro atoms. The Morgan fingerprint density at radius 1 is 1.24 bits per heavy atom. The van der Waals surface area contributed by atoms with Crippen LogP contribution in [0.2, 0.25) is 0 Å². The first kappa shape index (κ1) is 12.8. The van der Waals surface area contributed by atoms with Gasteiger partial charge in [-0.3, -0.25) is 9.78 Å². The predicted molar refractivity (Wildman–Crippen MR) is 80.2 cm³/mol. The zero-order chi connectivity index (χ0) is 14.2. The second-order valence-electron chi connectivity index (χ2n) is 5.79. The van der Waals surface area contributed by atoms with E-state index in [1.807, 2.05) is 35.2 Å². The summed E-state index contributed by atoms with van der Waals surface area (Å²) in [7, 11) is 0. The van der Waals surface area contributed by atoms with Crippen LogP contribution in [0.5, 0.6) is 0 Å². The van der Waals surface area contributed by atoms with Crippen molar-refractivity contribution in [2.75, 3.05) is 13.2 Å². The lowest BCUT2D eigenvalue weighted by Gasteiger charge is -2.37. The van der Waals surface area contributed by atoms with Crippen molar-refractivity contribution in [3.05, 3.63) is 42.2 Å². The Bertz CT molecular complexity index is 680. The molecule has 0 N–H and O–H groups in total. The maximum absolute atomic E-state index is 13.0. The molecule has 1 aliphatic heterocycles. The summed E-state index contributed by atoms with van der Waals surface area (Å²) >= 11 is 0. The number of rotatable bonds is 1. The molecular weight excluding hydrogens is 264 g/mol. The van der Waals surface area contributed by atoms with Crippen molar-refractivity contribution in [2.24, 2.45) is 0 Å². The van der Waals surface area contributed by atoms with Crippen molar-refractivity contribution in [1.82, 2.24) is 9.88 Å². The molecule has 1 saturated carbocycles. The van der Waals surface area contributed by atoms with Gasteiger partial charge in [0.05, 0.1) is 18.8 Å². The molecule has 2 fully saturated rings. The van der Waals surface area contributed by atoms with Gasteiger partial charge in [0.2, 0.25) is 0 Å². The number of carbonyl (C=O) groups is 1. The summed E-state index contributed by atoms with van der Waals surface area (Å²) in [6.45, 7) is 1.31. The Hall–Kier alpha value is -1.94. The van der Waals surface area contributed by atoms with Gasteiger partial charge in [-0.25, -0.2) is 0 Å². The lowest BCUT2D eigenvalue weighted by molar-refractivity contribution is -0.0446. The zero-order valence-corrected chi connectivity index (χ0v) is 11.9. The molecule has 0 bridgehead atoms. The second-order valence-corrected chi connectivity index (χ2v) is 5.79. The summed E-state index contributed by atoms with van der Waals surface area (Å²) in [6.07, 6.45) is 5.20. The van der Waals surface area contributed by atoms with Crippen LogP contribution in [0.1, 0.15) is 29.8 Å². The zero-order valence-electron chi connectivity index (χ0n) is 11.9. The largest absolute Gasteiger partial charge is 0.374 e. The first-order valence-corrected chi connectivity index (χ1v) is 7.61. The lowest BCUT2D eigenvalue weighted by Crippen LogP contribution is -2.51. The smallest absolute Gasteiger partial charge is 0.273 e. The highest BCUT2D eigenvalue weighted by Crippen LogP contribution is 2.31. The average molecular weight is 282 g/mol. The van der Waals surface area contributed by atoms with Crippen molar-refractivity contribution in [1.29, 1.82) is 0 Å². The minimum atomic E-state index is 0.0481. The van der Waals surface area contributed by atoms with Gasteiger partial charge in [-0.05, 0) is 30.7 Å². The predicted octanol–water partition coefficient (Wildman–Crippen LogP) is 2.63. The molecule has 1 amide bonds. The van der Waals surface area contributed by atoms with E-state index in [2.05, 4.69) is 4.98 Å². The van der Waals surface area contributed by atoms with E-state index in [-0.39, 0.29) is 18.1 Å². The highest BCUT2D eigenvalue weighted by Gasteiger charge is 2.39. The number of fused-ring (bicyclic) bond motifs is 2. The van der Waals surface area contributed by atoms with Gasteiger partial charge in [0.25, 0.3) is 5.91 Å². The molecule has 4 nitrogen and oxygen atoms in total. The van der Waals surface area contributed by atoms with Crippen LogP contribution in [0.25, 0.3) is 10.8 Å². The molecule has 1 saturated heterocycles. The van der Waals surface area contributed by atoms with Crippen molar-refractivity contribution in [3.8, 4) is 0 Å². The van der Waals surface area contributed by atoms with Crippen LogP contribution in [0.15, 0.2) is 36.5 Å². The molecule has 21 heavy (non-hydrogen) atoms. The molecule has 108 valence electrons. The van der Waals surface area contributed by atoms with Gasteiger partial charge < -0.3 is 9.64 Å². The van der Waals surface area contributed by atoms with E-state index in [0.29, 0.717) is 18.8 Å². The molecule has 2 aliphatic rings. The van der Waals surface area contributed by atoms with E-state index in [1.54, 1.807) is 6.20 Å². The van der Waals surface area contributed by atoms with Crippen LogP contribution in [-0.4, -0.2) is 41.1 Å². The fourth-order valence-corrected chi connectivity index (χ4v) is 3.60. The molecule has 2 aromatic rings. The van der Waals surface area contributed by atoms with Crippen LogP contribution in [-0.2, 0) is 4.74 Å². The SMILES string of the molecule is O=C(c1nccc2ccccc12)N1CCOC2CCCC21. The van der Waals surface area contributed by atoms with Crippen LogP contribution in [0.4, 0.5) is 0 Å². The van der Waals surface area contributed by atoms with Crippen LogP contribution < -0.4 is 0 Å². The lowest BCUT2D eigenvalue weighted by atomic mass is 10.1. The maximum atomic E-state index is 13.0. The summed E-state index contributed by atoms with van der Waals surface area (Å²) in [6, 6.07) is 10.1. The van der Waals surface area contributed by atoms with Crippen LogP contribution >= 0.6 is 0 Å². The third-order valence-corrected chi connectivity index (χ3v) is 4.62. The Kier molecular flexibility index (Phi) is 3.11. The summed E-state index contributed by atoms with van der Waals surface area (Å²) in [5, 5.41) is 2.00. The molecule has 1 aliphatic carbocycles. The van der Waals surface area contributed by atoms with E-state index < -0.39 is 0 Å². The first-order valence-electron chi connectivity index (χ1n) is 7.61. The van der Waals surface area contributed by atoms with Gasteiger partial charge in [-0.1, -0.05) is 24.3 Å². The number of hydrogen-bond acceptors (Lipinski definition) is 3. The molecule has 1 aromatic carbocycles. The topological polar surface area (TPSA) is 42.4 Å². The van der Waals surface area contributed by atoms with Crippen molar-refractivity contribution >= 4 is 16.7 Å². The summed E-state index contributed by atoms with van der Waals surface area (Å²) < 4.78 is 5.79. The Balaban J connectivity index is 1.73. The van der Waals surface area contributed by atoms with E-state index >= 15 is 0 Å². The fraction of sp³-hybridized carbons (Fsp3) is 0.412. The number of ether oxygens (including phenoxy) is 1. The minimum absolute atomic E-state index is 0.0481. The molecule has 1 aromatic heterocycles. The van der Waals surface area contributed by atoms with Gasteiger partial charge in [-0.15, -0.1) is 0 Å². The number of pyridine rings is 1. The highest BCUT2D eigenvalue weighted by atomic mass is 16.5. The van der Waals surface area contributed by atoms with Gasteiger partial charge >= 0.3 is 0 Å². The molecule has 0 radical (unpaired) electrons. The number of aromatic nitrogens is 1.